The fourth-order valence-corrected chi connectivity index (χ4v) is 6.79. The van der Waals surface area contributed by atoms with Crippen LogP contribution in [0.25, 0.3) is 69.9 Å². The van der Waals surface area contributed by atoms with Crippen LogP contribution in [0.4, 0.5) is 0 Å². The van der Waals surface area contributed by atoms with Crippen LogP contribution < -0.4 is 0 Å². The van der Waals surface area contributed by atoms with E-state index in [0.717, 1.165) is 16.9 Å². The molecule has 0 fully saturated rings. The van der Waals surface area contributed by atoms with Crippen LogP contribution in [0.1, 0.15) is 0 Å². The summed E-state index contributed by atoms with van der Waals surface area (Å²) in [5.74, 6) is 0. The van der Waals surface area contributed by atoms with Crippen molar-refractivity contribution in [1.82, 2.24) is 9.38 Å². The third-order valence-electron chi connectivity index (χ3n) is 7.24. The van der Waals surface area contributed by atoms with Gasteiger partial charge in [-0.2, -0.15) is 0 Å². The van der Waals surface area contributed by atoms with Gasteiger partial charge in [-0.25, -0.2) is 4.98 Å². The fourth-order valence-electron chi connectivity index (χ4n) is 5.66. The first kappa shape index (κ1) is 19.8. The summed E-state index contributed by atoms with van der Waals surface area (Å²) >= 11 is 1.86. The predicted octanol–water partition coefficient (Wildman–Crippen LogP) is 9.34. The molecule has 5 aromatic carbocycles. The van der Waals surface area contributed by atoms with Crippen LogP contribution in [0, 0.1) is 0 Å². The van der Waals surface area contributed by atoms with Gasteiger partial charge in [-0.3, -0.25) is 4.40 Å². The highest BCUT2D eigenvalue weighted by Crippen LogP contribution is 2.41. The van der Waals surface area contributed by atoms with Crippen molar-refractivity contribution in [2.45, 2.75) is 0 Å². The molecule has 36 heavy (non-hydrogen) atoms. The summed E-state index contributed by atoms with van der Waals surface area (Å²) in [5, 5.41) is 6.32. The number of fused-ring (bicyclic) bond motifs is 9. The molecule has 0 saturated carbocycles. The lowest BCUT2D eigenvalue weighted by Crippen LogP contribution is -1.94. The number of aromatic nitrogens is 2. The molecule has 3 aromatic heterocycles. The molecular weight excluding hydrogens is 456 g/mol. The Kier molecular flexibility index (Phi) is 4.13. The second-order valence-electron chi connectivity index (χ2n) is 9.22. The normalized spacial score (nSPS) is 11.9. The fraction of sp³-hybridized carbons (Fsp3) is 0. The number of thiophene rings is 1. The van der Waals surface area contributed by atoms with E-state index in [1.165, 1.54) is 53.0 Å². The summed E-state index contributed by atoms with van der Waals surface area (Å²) in [4.78, 5) is 4.92. The van der Waals surface area contributed by atoms with Gasteiger partial charge in [0.1, 0.15) is 5.65 Å². The maximum absolute atomic E-state index is 4.92. The van der Waals surface area contributed by atoms with Gasteiger partial charge in [0.2, 0.25) is 0 Å². The second kappa shape index (κ2) is 7.51. The Balaban J connectivity index is 1.41. The number of benzene rings is 5. The largest absolute Gasteiger partial charge is 0.292 e. The first-order valence-electron chi connectivity index (χ1n) is 12.1. The number of hydrogen-bond acceptors (Lipinski definition) is 2. The maximum Gasteiger partial charge on any atom is 0.145 e. The van der Waals surface area contributed by atoms with Crippen molar-refractivity contribution in [3.63, 3.8) is 0 Å². The Morgan fingerprint density at radius 2 is 1.25 bits per heavy atom. The van der Waals surface area contributed by atoms with Gasteiger partial charge in [0.05, 0.1) is 17.4 Å². The van der Waals surface area contributed by atoms with E-state index in [2.05, 4.69) is 120 Å². The van der Waals surface area contributed by atoms with Gasteiger partial charge in [-0.05, 0) is 40.8 Å². The van der Waals surface area contributed by atoms with Crippen molar-refractivity contribution in [2.75, 3.05) is 0 Å². The van der Waals surface area contributed by atoms with Gasteiger partial charge in [0, 0.05) is 36.5 Å². The van der Waals surface area contributed by atoms with Crippen molar-refractivity contribution in [3.05, 3.63) is 121 Å². The van der Waals surface area contributed by atoms with E-state index in [-0.39, 0.29) is 0 Å². The molecule has 8 rings (SSSR count). The van der Waals surface area contributed by atoms with Crippen LogP contribution in [0.2, 0.25) is 0 Å². The highest BCUT2D eigenvalue weighted by molar-refractivity contribution is 7.25. The first-order chi connectivity index (χ1) is 17.9. The van der Waals surface area contributed by atoms with Gasteiger partial charge in [-0.15, -0.1) is 11.3 Å². The number of pyridine rings is 1. The number of hydrogen-bond donors (Lipinski definition) is 0. The molecule has 0 N–H and O–H groups in total. The van der Waals surface area contributed by atoms with Gasteiger partial charge in [-0.1, -0.05) is 91.0 Å². The summed E-state index contributed by atoms with van der Waals surface area (Å²) in [6.07, 6.45) is 2.02. The minimum atomic E-state index is 0.996. The molecule has 0 saturated heterocycles. The van der Waals surface area contributed by atoms with Gasteiger partial charge >= 0.3 is 0 Å². The summed E-state index contributed by atoms with van der Waals surface area (Å²) < 4.78 is 4.97. The minimum Gasteiger partial charge on any atom is -0.292 e. The standard InChI is InChI=1S/C33H20N2S/c1-2-13-26-24(11-1)25-12-3-5-16-28(25)35-29(20-34-33(26)35)22-10-7-9-21(19-22)23-15-8-18-31-32(23)27-14-4-6-17-30(27)36-31/h1-20H. The number of imidazole rings is 1. The maximum atomic E-state index is 4.92. The van der Waals surface area contributed by atoms with E-state index < -0.39 is 0 Å². The second-order valence-corrected chi connectivity index (χ2v) is 10.3. The van der Waals surface area contributed by atoms with Crippen LogP contribution in [-0.4, -0.2) is 9.38 Å². The van der Waals surface area contributed by atoms with Crippen molar-refractivity contribution < 1.29 is 0 Å². The van der Waals surface area contributed by atoms with Crippen molar-refractivity contribution in [2.24, 2.45) is 0 Å². The molecular formula is C33H20N2S. The first-order valence-corrected chi connectivity index (χ1v) is 13.0. The zero-order valence-corrected chi connectivity index (χ0v) is 20.2. The van der Waals surface area contributed by atoms with Crippen LogP contribution in [-0.2, 0) is 0 Å². The smallest absolute Gasteiger partial charge is 0.145 e. The average molecular weight is 477 g/mol. The van der Waals surface area contributed by atoms with E-state index >= 15 is 0 Å². The summed E-state index contributed by atoms with van der Waals surface area (Å²) in [7, 11) is 0. The molecule has 2 nitrogen and oxygen atoms in total. The zero-order valence-electron chi connectivity index (χ0n) is 19.3. The summed E-state index contributed by atoms with van der Waals surface area (Å²) in [6.45, 7) is 0. The zero-order chi connectivity index (χ0) is 23.6. The lowest BCUT2D eigenvalue weighted by Gasteiger charge is -2.12. The molecule has 0 aliphatic carbocycles. The Labute approximate surface area is 211 Å². The van der Waals surface area contributed by atoms with Gasteiger partial charge in [0.15, 0.2) is 0 Å². The predicted molar refractivity (Wildman–Crippen MR) is 154 cm³/mol. The van der Waals surface area contributed by atoms with E-state index in [9.17, 15) is 0 Å². The number of nitrogens with zero attached hydrogens (tertiary/aromatic N) is 2. The molecule has 0 bridgehead atoms. The van der Waals surface area contributed by atoms with Crippen molar-refractivity contribution >= 4 is 58.8 Å². The molecule has 3 heteroatoms. The minimum absolute atomic E-state index is 0.996. The molecule has 0 atom stereocenters. The monoisotopic (exact) mass is 476 g/mol. The molecule has 0 aliphatic heterocycles. The van der Waals surface area contributed by atoms with Crippen molar-refractivity contribution in [1.29, 1.82) is 0 Å². The lowest BCUT2D eigenvalue weighted by molar-refractivity contribution is 1.27. The third-order valence-corrected chi connectivity index (χ3v) is 8.37. The molecule has 0 amide bonds. The molecule has 3 heterocycles. The average Bonchev–Trinajstić information content (AvgIpc) is 3.56. The Morgan fingerprint density at radius 3 is 2.17 bits per heavy atom. The van der Waals surface area contributed by atoms with Gasteiger partial charge in [0.25, 0.3) is 0 Å². The van der Waals surface area contributed by atoms with E-state index in [0.29, 0.717) is 0 Å². The van der Waals surface area contributed by atoms with Crippen LogP contribution in [0.5, 0.6) is 0 Å². The SMILES string of the molecule is c1cc(-c2cccc3sc4ccccc4c23)cc(-c2cnc3c4ccccc4c4ccccc4n23)c1. The Bertz CT molecular complexity index is 2110. The summed E-state index contributed by atoms with van der Waals surface area (Å²) in [6, 6.07) is 41.5. The van der Waals surface area contributed by atoms with E-state index in [1.54, 1.807) is 0 Å². The van der Waals surface area contributed by atoms with Crippen LogP contribution >= 0.6 is 11.3 Å². The Hall–Kier alpha value is -4.47. The third kappa shape index (κ3) is 2.75. The van der Waals surface area contributed by atoms with Crippen molar-refractivity contribution in [3.8, 4) is 22.4 Å². The van der Waals surface area contributed by atoms with Crippen LogP contribution in [0.15, 0.2) is 121 Å². The molecule has 8 aromatic rings. The highest BCUT2D eigenvalue weighted by atomic mass is 32.1. The van der Waals surface area contributed by atoms with E-state index in [4.69, 9.17) is 4.98 Å². The Morgan fingerprint density at radius 1 is 0.556 bits per heavy atom. The molecule has 0 spiro atoms. The quantitative estimate of drug-likeness (QED) is 0.227. The molecule has 0 aliphatic rings. The topological polar surface area (TPSA) is 17.3 Å². The summed E-state index contributed by atoms with van der Waals surface area (Å²) in [5.41, 5.74) is 6.94. The lowest BCUT2D eigenvalue weighted by atomic mass is 9.97. The van der Waals surface area contributed by atoms with Gasteiger partial charge < -0.3 is 0 Å². The van der Waals surface area contributed by atoms with E-state index in [1.807, 2.05) is 17.5 Å². The number of para-hydroxylation sites is 1. The van der Waals surface area contributed by atoms with Crippen LogP contribution in [0.3, 0.4) is 0 Å². The number of rotatable bonds is 2. The molecule has 0 unspecified atom stereocenters. The highest BCUT2D eigenvalue weighted by Gasteiger charge is 2.15. The molecule has 0 radical (unpaired) electrons. The molecule has 168 valence electrons.